The number of nitrogens with zero attached hydrogens (tertiary/aromatic N) is 2. The van der Waals surface area contributed by atoms with Crippen molar-refractivity contribution < 1.29 is 4.79 Å². The number of carbonyl (C=O) groups is 1. The number of Topliss-reactive ketones (excluding diaryl/α,β-unsaturated/α-hetero) is 1. The number of carbonyl (C=O) groups excluding carboxylic acids is 1. The maximum atomic E-state index is 11.6. The SMILES string of the molecule is CCCC(=O)c1cncc(C(C)(C)C)n1. The Kier molecular flexibility index (Phi) is 3.56. The standard InChI is InChI=1S/C12H18N2O/c1-5-6-10(15)9-7-13-8-11(14-9)12(2,3)4/h7-8H,5-6H2,1-4H3. The molecule has 3 nitrogen and oxygen atoms in total. The van der Waals surface area contributed by atoms with E-state index in [0.29, 0.717) is 12.1 Å². The van der Waals surface area contributed by atoms with Crippen molar-refractivity contribution in [3.05, 3.63) is 23.8 Å². The van der Waals surface area contributed by atoms with Crippen molar-refractivity contribution in [3.8, 4) is 0 Å². The molecule has 0 N–H and O–H groups in total. The molecule has 82 valence electrons. The molecule has 1 aromatic rings. The number of rotatable bonds is 3. The highest BCUT2D eigenvalue weighted by atomic mass is 16.1. The third-order valence-electron chi connectivity index (χ3n) is 2.17. The Bertz CT molecular complexity index is 353. The molecule has 1 rings (SSSR count). The minimum Gasteiger partial charge on any atom is -0.292 e. The lowest BCUT2D eigenvalue weighted by Gasteiger charge is -2.17. The van der Waals surface area contributed by atoms with E-state index in [4.69, 9.17) is 0 Å². The predicted octanol–water partition coefficient (Wildman–Crippen LogP) is 2.76. The summed E-state index contributed by atoms with van der Waals surface area (Å²) in [5, 5.41) is 0. The molecule has 1 aromatic heterocycles. The van der Waals surface area contributed by atoms with Crippen LogP contribution in [-0.4, -0.2) is 15.8 Å². The highest BCUT2D eigenvalue weighted by Gasteiger charge is 2.17. The summed E-state index contributed by atoms with van der Waals surface area (Å²) in [6, 6.07) is 0. The first-order chi connectivity index (χ1) is 6.95. The molecule has 0 atom stereocenters. The first-order valence-corrected chi connectivity index (χ1v) is 5.31. The van der Waals surface area contributed by atoms with Crippen LogP contribution in [0.3, 0.4) is 0 Å². The molecule has 0 aromatic carbocycles. The Hall–Kier alpha value is -1.25. The van der Waals surface area contributed by atoms with Crippen molar-refractivity contribution in [2.24, 2.45) is 0 Å². The predicted molar refractivity (Wildman–Crippen MR) is 60.0 cm³/mol. The summed E-state index contributed by atoms with van der Waals surface area (Å²) in [4.78, 5) is 20.0. The van der Waals surface area contributed by atoms with E-state index in [-0.39, 0.29) is 11.2 Å². The molecule has 0 amide bonds. The third-order valence-corrected chi connectivity index (χ3v) is 2.17. The van der Waals surface area contributed by atoms with Gasteiger partial charge in [0.1, 0.15) is 5.69 Å². The average Bonchev–Trinajstić information content (AvgIpc) is 2.17. The van der Waals surface area contributed by atoms with Gasteiger partial charge in [-0.3, -0.25) is 9.78 Å². The van der Waals surface area contributed by atoms with Crippen molar-refractivity contribution in [2.75, 3.05) is 0 Å². The molecule has 15 heavy (non-hydrogen) atoms. The van der Waals surface area contributed by atoms with Gasteiger partial charge < -0.3 is 0 Å². The van der Waals surface area contributed by atoms with Crippen molar-refractivity contribution >= 4 is 5.78 Å². The normalized spacial score (nSPS) is 11.5. The molecule has 0 saturated heterocycles. The quantitative estimate of drug-likeness (QED) is 0.714. The maximum absolute atomic E-state index is 11.6. The second kappa shape index (κ2) is 4.51. The Balaban J connectivity index is 2.98. The molecule has 0 aliphatic heterocycles. The molecule has 1 heterocycles. The van der Waals surface area contributed by atoms with E-state index in [9.17, 15) is 4.79 Å². The maximum Gasteiger partial charge on any atom is 0.182 e. The van der Waals surface area contributed by atoms with Gasteiger partial charge in [0.05, 0.1) is 11.9 Å². The second-order valence-electron chi connectivity index (χ2n) is 4.71. The van der Waals surface area contributed by atoms with Gasteiger partial charge in [-0.1, -0.05) is 27.7 Å². The Morgan fingerprint density at radius 3 is 2.53 bits per heavy atom. The van der Waals surface area contributed by atoms with E-state index in [2.05, 4.69) is 30.7 Å². The molecule has 0 bridgehead atoms. The minimum atomic E-state index is -0.0600. The van der Waals surface area contributed by atoms with Crippen LogP contribution in [0.4, 0.5) is 0 Å². The summed E-state index contributed by atoms with van der Waals surface area (Å²) in [5.74, 6) is 0.0797. The summed E-state index contributed by atoms with van der Waals surface area (Å²) >= 11 is 0. The molecule has 0 spiro atoms. The smallest absolute Gasteiger partial charge is 0.182 e. The van der Waals surface area contributed by atoms with Gasteiger partial charge in [0.2, 0.25) is 0 Å². The van der Waals surface area contributed by atoms with Gasteiger partial charge in [0, 0.05) is 18.0 Å². The summed E-state index contributed by atoms with van der Waals surface area (Å²) in [5.41, 5.74) is 1.30. The van der Waals surface area contributed by atoms with Gasteiger partial charge in [-0.15, -0.1) is 0 Å². The lowest BCUT2D eigenvalue weighted by molar-refractivity contribution is 0.0976. The molecule has 0 fully saturated rings. The van der Waals surface area contributed by atoms with Crippen LogP contribution in [0.1, 0.15) is 56.7 Å². The fourth-order valence-corrected chi connectivity index (χ4v) is 1.22. The number of hydrogen-bond donors (Lipinski definition) is 0. The summed E-state index contributed by atoms with van der Waals surface area (Å²) in [7, 11) is 0. The lowest BCUT2D eigenvalue weighted by Crippen LogP contribution is -2.16. The van der Waals surface area contributed by atoms with E-state index < -0.39 is 0 Å². The highest BCUT2D eigenvalue weighted by Crippen LogP contribution is 2.19. The molecule has 0 aliphatic carbocycles. The Morgan fingerprint density at radius 2 is 2.00 bits per heavy atom. The number of aromatic nitrogens is 2. The van der Waals surface area contributed by atoms with E-state index in [0.717, 1.165) is 12.1 Å². The van der Waals surface area contributed by atoms with E-state index in [1.807, 2.05) is 6.92 Å². The third kappa shape index (κ3) is 3.11. The zero-order valence-corrected chi connectivity index (χ0v) is 9.87. The molecule has 0 saturated carbocycles. The van der Waals surface area contributed by atoms with Crippen molar-refractivity contribution in [2.45, 2.75) is 46.0 Å². The summed E-state index contributed by atoms with van der Waals surface area (Å²) < 4.78 is 0. The molecule has 0 aliphatic rings. The fraction of sp³-hybridized carbons (Fsp3) is 0.583. The monoisotopic (exact) mass is 206 g/mol. The van der Waals surface area contributed by atoms with Crippen LogP contribution < -0.4 is 0 Å². The van der Waals surface area contributed by atoms with E-state index in [1.54, 1.807) is 12.4 Å². The molecule has 3 heteroatoms. The van der Waals surface area contributed by atoms with E-state index >= 15 is 0 Å². The van der Waals surface area contributed by atoms with Crippen LogP contribution in [0.25, 0.3) is 0 Å². The Morgan fingerprint density at radius 1 is 1.33 bits per heavy atom. The second-order valence-corrected chi connectivity index (χ2v) is 4.71. The summed E-state index contributed by atoms with van der Waals surface area (Å²) in [6.07, 6.45) is 4.67. The first-order valence-electron chi connectivity index (χ1n) is 5.31. The van der Waals surface area contributed by atoms with Gasteiger partial charge >= 0.3 is 0 Å². The largest absolute Gasteiger partial charge is 0.292 e. The van der Waals surface area contributed by atoms with Crippen molar-refractivity contribution in [1.29, 1.82) is 0 Å². The average molecular weight is 206 g/mol. The van der Waals surface area contributed by atoms with Crippen LogP contribution in [0.15, 0.2) is 12.4 Å². The van der Waals surface area contributed by atoms with Crippen LogP contribution >= 0.6 is 0 Å². The van der Waals surface area contributed by atoms with Crippen LogP contribution in [-0.2, 0) is 5.41 Å². The minimum absolute atomic E-state index is 0.0600. The Labute approximate surface area is 91.0 Å². The van der Waals surface area contributed by atoms with Crippen LogP contribution in [0, 0.1) is 0 Å². The van der Waals surface area contributed by atoms with E-state index in [1.165, 1.54) is 0 Å². The highest BCUT2D eigenvalue weighted by molar-refractivity contribution is 5.93. The van der Waals surface area contributed by atoms with Gasteiger partial charge in [0.25, 0.3) is 0 Å². The van der Waals surface area contributed by atoms with Gasteiger partial charge in [-0.25, -0.2) is 4.98 Å². The van der Waals surface area contributed by atoms with Crippen molar-refractivity contribution in [3.63, 3.8) is 0 Å². The molecular formula is C12H18N2O. The lowest BCUT2D eigenvalue weighted by atomic mass is 9.92. The fourth-order valence-electron chi connectivity index (χ4n) is 1.22. The van der Waals surface area contributed by atoms with Crippen LogP contribution in [0.2, 0.25) is 0 Å². The van der Waals surface area contributed by atoms with Crippen LogP contribution in [0.5, 0.6) is 0 Å². The molecule has 0 radical (unpaired) electrons. The topological polar surface area (TPSA) is 42.9 Å². The number of ketones is 1. The number of hydrogen-bond acceptors (Lipinski definition) is 3. The van der Waals surface area contributed by atoms with Gasteiger partial charge in [0.15, 0.2) is 5.78 Å². The molecule has 0 unspecified atom stereocenters. The van der Waals surface area contributed by atoms with Crippen molar-refractivity contribution in [1.82, 2.24) is 9.97 Å². The zero-order valence-electron chi connectivity index (χ0n) is 9.87. The molecular weight excluding hydrogens is 188 g/mol. The first kappa shape index (κ1) is 11.8. The zero-order chi connectivity index (χ0) is 11.5. The summed E-state index contributed by atoms with van der Waals surface area (Å²) in [6.45, 7) is 8.17. The van der Waals surface area contributed by atoms with Gasteiger partial charge in [-0.05, 0) is 6.42 Å². The van der Waals surface area contributed by atoms with Gasteiger partial charge in [-0.2, -0.15) is 0 Å².